The smallest absolute Gasteiger partial charge is 0.256 e. The molecule has 2 rings (SSSR count). The number of aryl methyl sites for hydroxylation is 1. The lowest BCUT2D eigenvalue weighted by Crippen LogP contribution is -2.34. The highest BCUT2D eigenvalue weighted by Crippen LogP contribution is 2.30. The molecule has 0 aromatic heterocycles. The second kappa shape index (κ2) is 5.40. The summed E-state index contributed by atoms with van der Waals surface area (Å²) in [6.45, 7) is 4.90. The number of nitrogens with one attached hydrogen (secondary N) is 1. The molecule has 1 amide bonds. The molecule has 1 aliphatic carbocycles. The summed E-state index contributed by atoms with van der Waals surface area (Å²) in [4.78, 5) is 14.5. The number of hydrogen-bond donors (Lipinski definition) is 2. The van der Waals surface area contributed by atoms with Gasteiger partial charge in [0, 0.05) is 12.6 Å². The summed E-state index contributed by atoms with van der Waals surface area (Å²) in [6, 6.07) is 6.15. The molecule has 98 valence electrons. The Hall–Kier alpha value is -1.55. The van der Waals surface area contributed by atoms with Crippen molar-refractivity contribution >= 4 is 11.6 Å². The summed E-state index contributed by atoms with van der Waals surface area (Å²) < 4.78 is 0. The number of hydrazine groups is 1. The average Bonchev–Trinajstić information content (AvgIpc) is 3.19. The van der Waals surface area contributed by atoms with Gasteiger partial charge in [0.05, 0.1) is 11.3 Å². The van der Waals surface area contributed by atoms with Crippen molar-refractivity contribution in [3.05, 3.63) is 29.3 Å². The van der Waals surface area contributed by atoms with Crippen LogP contribution >= 0.6 is 0 Å². The maximum atomic E-state index is 12.5. The van der Waals surface area contributed by atoms with E-state index in [9.17, 15) is 4.79 Å². The van der Waals surface area contributed by atoms with Crippen molar-refractivity contribution in [2.24, 2.45) is 5.84 Å². The highest BCUT2D eigenvalue weighted by Gasteiger charge is 2.33. The fourth-order valence-corrected chi connectivity index (χ4v) is 2.20. The van der Waals surface area contributed by atoms with E-state index in [1.807, 2.05) is 30.0 Å². The summed E-state index contributed by atoms with van der Waals surface area (Å²) in [5, 5.41) is 0. The van der Waals surface area contributed by atoms with Crippen LogP contribution in [0.5, 0.6) is 0 Å². The molecule has 0 spiro atoms. The monoisotopic (exact) mass is 247 g/mol. The number of benzene rings is 1. The number of nitrogens with zero attached hydrogens (tertiary/aromatic N) is 1. The van der Waals surface area contributed by atoms with Gasteiger partial charge in [-0.25, -0.2) is 0 Å². The third kappa shape index (κ3) is 2.64. The summed E-state index contributed by atoms with van der Waals surface area (Å²) in [7, 11) is 0. The Labute approximate surface area is 108 Å². The van der Waals surface area contributed by atoms with E-state index in [-0.39, 0.29) is 5.91 Å². The number of carbonyl (C=O) groups excluding carboxylic acids is 1. The Kier molecular flexibility index (Phi) is 3.87. The maximum absolute atomic E-state index is 12.5. The SMILES string of the molecule is CCCN(C(=O)c1ccc(C)cc1NN)C1CC1. The van der Waals surface area contributed by atoms with Gasteiger partial charge in [0.15, 0.2) is 0 Å². The molecule has 0 saturated heterocycles. The lowest BCUT2D eigenvalue weighted by Gasteiger charge is -2.23. The normalized spacial score (nSPS) is 14.4. The Bertz CT molecular complexity index is 441. The predicted molar refractivity (Wildman–Crippen MR) is 73.3 cm³/mol. The van der Waals surface area contributed by atoms with Crippen LogP contribution in [0.1, 0.15) is 42.1 Å². The molecule has 1 aliphatic rings. The van der Waals surface area contributed by atoms with Crippen LogP contribution in [-0.4, -0.2) is 23.4 Å². The summed E-state index contributed by atoms with van der Waals surface area (Å²) >= 11 is 0. The standard InChI is InChI=1S/C14H21N3O/c1-3-8-17(11-5-6-11)14(18)12-7-4-10(2)9-13(12)16-15/h4,7,9,11,16H,3,5-6,8,15H2,1-2H3. The van der Waals surface area contributed by atoms with Crippen molar-refractivity contribution in [2.75, 3.05) is 12.0 Å². The fourth-order valence-electron chi connectivity index (χ4n) is 2.20. The summed E-state index contributed by atoms with van der Waals surface area (Å²) in [6.07, 6.45) is 3.24. The first-order chi connectivity index (χ1) is 8.67. The van der Waals surface area contributed by atoms with E-state index in [4.69, 9.17) is 5.84 Å². The van der Waals surface area contributed by atoms with E-state index in [1.165, 1.54) is 0 Å². The van der Waals surface area contributed by atoms with Gasteiger partial charge in [0.25, 0.3) is 5.91 Å². The molecule has 0 heterocycles. The molecule has 0 bridgehead atoms. The van der Waals surface area contributed by atoms with Gasteiger partial charge in [0.1, 0.15) is 0 Å². The molecular formula is C14H21N3O. The third-order valence-corrected chi connectivity index (χ3v) is 3.27. The molecule has 0 atom stereocenters. The highest BCUT2D eigenvalue weighted by molar-refractivity contribution is 6.00. The number of hydrogen-bond acceptors (Lipinski definition) is 3. The minimum atomic E-state index is 0.0901. The van der Waals surface area contributed by atoms with Crippen LogP contribution in [0.4, 0.5) is 5.69 Å². The molecule has 3 N–H and O–H groups in total. The lowest BCUT2D eigenvalue weighted by atomic mass is 10.1. The number of anilines is 1. The van der Waals surface area contributed by atoms with Crippen LogP contribution in [0.15, 0.2) is 18.2 Å². The zero-order chi connectivity index (χ0) is 13.1. The number of nitrogen functional groups attached to an aromatic ring is 1. The first-order valence-corrected chi connectivity index (χ1v) is 6.55. The van der Waals surface area contributed by atoms with Gasteiger partial charge in [-0.05, 0) is 43.9 Å². The Morgan fingerprint density at radius 2 is 2.22 bits per heavy atom. The molecule has 4 nitrogen and oxygen atoms in total. The minimum Gasteiger partial charge on any atom is -0.336 e. The highest BCUT2D eigenvalue weighted by atomic mass is 16.2. The molecule has 1 saturated carbocycles. The fraction of sp³-hybridized carbons (Fsp3) is 0.500. The van der Waals surface area contributed by atoms with Crippen molar-refractivity contribution in [1.82, 2.24) is 4.90 Å². The zero-order valence-electron chi connectivity index (χ0n) is 11.1. The molecule has 1 aromatic carbocycles. The van der Waals surface area contributed by atoms with Crippen LogP contribution in [0.25, 0.3) is 0 Å². The van der Waals surface area contributed by atoms with E-state index >= 15 is 0 Å². The van der Waals surface area contributed by atoms with Crippen LogP contribution in [0.3, 0.4) is 0 Å². The van der Waals surface area contributed by atoms with Gasteiger partial charge in [-0.1, -0.05) is 13.0 Å². The lowest BCUT2D eigenvalue weighted by molar-refractivity contribution is 0.0744. The van der Waals surface area contributed by atoms with E-state index in [0.717, 1.165) is 31.4 Å². The molecule has 0 radical (unpaired) electrons. The molecule has 1 aromatic rings. The van der Waals surface area contributed by atoms with Gasteiger partial charge in [0.2, 0.25) is 0 Å². The van der Waals surface area contributed by atoms with Crippen LogP contribution in [0.2, 0.25) is 0 Å². The van der Waals surface area contributed by atoms with Gasteiger partial charge in [-0.3, -0.25) is 10.6 Å². The van der Waals surface area contributed by atoms with Gasteiger partial charge >= 0.3 is 0 Å². The summed E-state index contributed by atoms with van der Waals surface area (Å²) in [5.41, 5.74) is 5.10. The van der Waals surface area contributed by atoms with E-state index in [2.05, 4.69) is 12.3 Å². The van der Waals surface area contributed by atoms with E-state index < -0.39 is 0 Å². The summed E-state index contributed by atoms with van der Waals surface area (Å²) in [5.74, 6) is 5.59. The Balaban J connectivity index is 2.26. The third-order valence-electron chi connectivity index (χ3n) is 3.27. The minimum absolute atomic E-state index is 0.0901. The van der Waals surface area contributed by atoms with Crippen molar-refractivity contribution in [2.45, 2.75) is 39.2 Å². The first kappa shape index (κ1) is 12.9. The quantitative estimate of drug-likeness (QED) is 0.620. The van der Waals surface area contributed by atoms with Crippen molar-refractivity contribution < 1.29 is 4.79 Å². The maximum Gasteiger partial charge on any atom is 0.256 e. The predicted octanol–water partition coefficient (Wildman–Crippen LogP) is 2.30. The molecule has 0 unspecified atom stereocenters. The largest absolute Gasteiger partial charge is 0.336 e. The number of carbonyl (C=O) groups is 1. The second-order valence-corrected chi connectivity index (χ2v) is 4.92. The van der Waals surface area contributed by atoms with Crippen LogP contribution < -0.4 is 11.3 Å². The van der Waals surface area contributed by atoms with Crippen LogP contribution in [-0.2, 0) is 0 Å². The van der Waals surface area contributed by atoms with Crippen molar-refractivity contribution in [3.8, 4) is 0 Å². The molecule has 18 heavy (non-hydrogen) atoms. The van der Waals surface area contributed by atoms with E-state index in [0.29, 0.717) is 17.3 Å². The molecule has 1 fully saturated rings. The Morgan fingerprint density at radius 1 is 1.50 bits per heavy atom. The zero-order valence-corrected chi connectivity index (χ0v) is 11.1. The van der Waals surface area contributed by atoms with Gasteiger partial charge in [-0.15, -0.1) is 0 Å². The van der Waals surface area contributed by atoms with Gasteiger partial charge in [-0.2, -0.15) is 0 Å². The molecular weight excluding hydrogens is 226 g/mol. The first-order valence-electron chi connectivity index (χ1n) is 6.55. The Morgan fingerprint density at radius 3 is 2.78 bits per heavy atom. The number of amides is 1. The van der Waals surface area contributed by atoms with Crippen molar-refractivity contribution in [1.29, 1.82) is 0 Å². The topological polar surface area (TPSA) is 58.4 Å². The molecule has 0 aliphatic heterocycles. The number of nitrogens with two attached hydrogens (primary N) is 1. The molecule has 4 heteroatoms. The van der Waals surface area contributed by atoms with Crippen LogP contribution in [0, 0.1) is 6.92 Å². The second-order valence-electron chi connectivity index (χ2n) is 4.92. The van der Waals surface area contributed by atoms with Crippen molar-refractivity contribution in [3.63, 3.8) is 0 Å². The number of rotatable bonds is 5. The average molecular weight is 247 g/mol. The van der Waals surface area contributed by atoms with Gasteiger partial charge < -0.3 is 10.3 Å². The van der Waals surface area contributed by atoms with E-state index in [1.54, 1.807) is 0 Å².